The maximum absolute atomic E-state index is 11.3. The molecule has 0 saturated carbocycles. The third-order valence-corrected chi connectivity index (χ3v) is 2.52. The molecule has 0 saturated heterocycles. The van der Waals surface area contributed by atoms with Crippen LogP contribution in [0.25, 0.3) is 0 Å². The van der Waals surface area contributed by atoms with Gasteiger partial charge in [0.2, 0.25) is 0 Å². The van der Waals surface area contributed by atoms with Gasteiger partial charge in [-0.25, -0.2) is 4.79 Å². The van der Waals surface area contributed by atoms with E-state index in [1.807, 2.05) is 13.0 Å². The summed E-state index contributed by atoms with van der Waals surface area (Å²) in [7, 11) is 1.37. The van der Waals surface area contributed by atoms with Crippen molar-refractivity contribution in [3.63, 3.8) is 0 Å². The maximum atomic E-state index is 11.3. The molecule has 4 nitrogen and oxygen atoms in total. The molecule has 1 aromatic rings. The number of hydrogen-bond donors (Lipinski definition) is 0. The minimum absolute atomic E-state index is 0.316. The minimum atomic E-state index is -0.316. The zero-order valence-electron chi connectivity index (χ0n) is 9.77. The SMILES string of the molecule is CCC(=CCOc1cncc(Br)c1)C(=O)OC. The van der Waals surface area contributed by atoms with E-state index in [4.69, 9.17) is 4.74 Å². The van der Waals surface area contributed by atoms with Crippen LogP contribution in [-0.2, 0) is 9.53 Å². The van der Waals surface area contributed by atoms with E-state index in [2.05, 4.69) is 25.7 Å². The highest BCUT2D eigenvalue weighted by molar-refractivity contribution is 9.10. The highest BCUT2D eigenvalue weighted by atomic mass is 79.9. The zero-order valence-corrected chi connectivity index (χ0v) is 11.4. The first-order valence-electron chi connectivity index (χ1n) is 5.18. The molecule has 0 atom stereocenters. The summed E-state index contributed by atoms with van der Waals surface area (Å²) in [5, 5.41) is 0. The minimum Gasteiger partial charge on any atom is -0.488 e. The molecule has 1 heterocycles. The Morgan fingerprint density at radius 2 is 2.29 bits per heavy atom. The van der Waals surface area contributed by atoms with Gasteiger partial charge in [0, 0.05) is 16.2 Å². The van der Waals surface area contributed by atoms with Gasteiger partial charge >= 0.3 is 5.97 Å². The number of methoxy groups -OCH3 is 1. The number of hydrogen-bond acceptors (Lipinski definition) is 4. The second-order valence-corrected chi connectivity index (χ2v) is 4.14. The molecule has 0 fully saturated rings. The number of rotatable bonds is 5. The third-order valence-electron chi connectivity index (χ3n) is 2.09. The Morgan fingerprint density at radius 3 is 2.88 bits per heavy atom. The molecule has 92 valence electrons. The molecular formula is C12H14BrNO3. The summed E-state index contributed by atoms with van der Waals surface area (Å²) in [6, 6.07) is 1.81. The Labute approximate surface area is 109 Å². The topological polar surface area (TPSA) is 48.4 Å². The molecule has 5 heteroatoms. The first-order chi connectivity index (χ1) is 8.17. The van der Waals surface area contributed by atoms with Crippen LogP contribution in [0, 0.1) is 0 Å². The summed E-state index contributed by atoms with van der Waals surface area (Å²) >= 11 is 3.30. The van der Waals surface area contributed by atoms with E-state index in [9.17, 15) is 4.79 Å². The average Bonchev–Trinajstić information content (AvgIpc) is 2.34. The Balaban J connectivity index is 2.56. The van der Waals surface area contributed by atoms with Gasteiger partial charge in [-0.15, -0.1) is 0 Å². The van der Waals surface area contributed by atoms with E-state index in [0.717, 1.165) is 4.47 Å². The lowest BCUT2D eigenvalue weighted by Gasteiger charge is -2.05. The molecule has 0 radical (unpaired) electrons. The van der Waals surface area contributed by atoms with Gasteiger partial charge in [0.15, 0.2) is 0 Å². The van der Waals surface area contributed by atoms with E-state index in [1.165, 1.54) is 7.11 Å². The van der Waals surface area contributed by atoms with Crippen LogP contribution in [0.2, 0.25) is 0 Å². The molecule has 0 aliphatic heterocycles. The first-order valence-corrected chi connectivity index (χ1v) is 5.97. The average molecular weight is 300 g/mol. The number of carbonyl (C=O) groups excluding carboxylic acids is 1. The van der Waals surface area contributed by atoms with E-state index in [-0.39, 0.29) is 5.97 Å². The van der Waals surface area contributed by atoms with Crippen LogP contribution >= 0.6 is 15.9 Å². The summed E-state index contributed by atoms with van der Waals surface area (Å²) < 4.78 is 10.9. The molecule has 0 aromatic carbocycles. The van der Waals surface area contributed by atoms with Crippen molar-refractivity contribution >= 4 is 21.9 Å². The van der Waals surface area contributed by atoms with Crippen molar-refractivity contribution in [3.05, 3.63) is 34.6 Å². The van der Waals surface area contributed by atoms with Crippen LogP contribution < -0.4 is 4.74 Å². The number of pyridine rings is 1. The van der Waals surface area contributed by atoms with E-state index in [0.29, 0.717) is 24.4 Å². The summed E-state index contributed by atoms with van der Waals surface area (Å²) in [5.41, 5.74) is 0.607. The summed E-state index contributed by atoms with van der Waals surface area (Å²) in [5.74, 6) is 0.333. The lowest BCUT2D eigenvalue weighted by molar-refractivity contribution is -0.136. The molecule has 17 heavy (non-hydrogen) atoms. The first kappa shape index (κ1) is 13.7. The lowest BCUT2D eigenvalue weighted by Crippen LogP contribution is -2.06. The highest BCUT2D eigenvalue weighted by Gasteiger charge is 2.06. The van der Waals surface area contributed by atoms with Gasteiger partial charge in [-0.3, -0.25) is 4.98 Å². The predicted octanol–water partition coefficient (Wildman–Crippen LogP) is 2.73. The van der Waals surface area contributed by atoms with Crippen molar-refractivity contribution < 1.29 is 14.3 Å². The van der Waals surface area contributed by atoms with Gasteiger partial charge in [0.05, 0.1) is 13.3 Å². The number of nitrogens with zero attached hydrogens (tertiary/aromatic N) is 1. The molecule has 1 rings (SSSR count). The highest BCUT2D eigenvalue weighted by Crippen LogP contribution is 2.15. The molecule has 0 N–H and O–H groups in total. The van der Waals surface area contributed by atoms with Crippen LogP contribution in [0.4, 0.5) is 0 Å². The fourth-order valence-electron chi connectivity index (χ4n) is 1.21. The zero-order chi connectivity index (χ0) is 12.7. The van der Waals surface area contributed by atoms with Crippen molar-refractivity contribution in [2.24, 2.45) is 0 Å². The number of carbonyl (C=O) groups is 1. The quantitative estimate of drug-likeness (QED) is 0.619. The van der Waals surface area contributed by atoms with Gasteiger partial charge in [0.25, 0.3) is 0 Å². The van der Waals surface area contributed by atoms with E-state index in [1.54, 1.807) is 18.5 Å². The molecular weight excluding hydrogens is 286 g/mol. The van der Waals surface area contributed by atoms with Gasteiger partial charge in [-0.05, 0) is 34.5 Å². The van der Waals surface area contributed by atoms with Gasteiger partial charge in [-0.1, -0.05) is 6.92 Å². The van der Waals surface area contributed by atoms with Gasteiger partial charge in [-0.2, -0.15) is 0 Å². The lowest BCUT2D eigenvalue weighted by atomic mass is 10.2. The summed E-state index contributed by atoms with van der Waals surface area (Å²) in [4.78, 5) is 15.2. The standard InChI is InChI=1S/C12H14BrNO3/c1-3-9(12(15)16-2)4-5-17-11-6-10(13)7-14-8-11/h4,6-8H,3,5H2,1-2H3. The van der Waals surface area contributed by atoms with Crippen molar-refractivity contribution in [2.45, 2.75) is 13.3 Å². The van der Waals surface area contributed by atoms with Gasteiger partial charge in [0.1, 0.15) is 12.4 Å². The van der Waals surface area contributed by atoms with Crippen molar-refractivity contribution in [2.75, 3.05) is 13.7 Å². The second kappa shape index (κ2) is 7.06. The van der Waals surface area contributed by atoms with Crippen LogP contribution in [0.3, 0.4) is 0 Å². The van der Waals surface area contributed by atoms with Crippen LogP contribution in [0.15, 0.2) is 34.6 Å². The van der Waals surface area contributed by atoms with Crippen LogP contribution in [0.1, 0.15) is 13.3 Å². The largest absolute Gasteiger partial charge is 0.488 e. The summed E-state index contributed by atoms with van der Waals surface area (Å²) in [6.45, 7) is 2.21. The fourth-order valence-corrected chi connectivity index (χ4v) is 1.56. The van der Waals surface area contributed by atoms with Crippen LogP contribution in [-0.4, -0.2) is 24.7 Å². The Hall–Kier alpha value is -1.36. The molecule has 1 aromatic heterocycles. The monoisotopic (exact) mass is 299 g/mol. The Kier molecular flexibility index (Phi) is 5.69. The van der Waals surface area contributed by atoms with Crippen molar-refractivity contribution in [3.8, 4) is 5.75 Å². The van der Waals surface area contributed by atoms with E-state index >= 15 is 0 Å². The Morgan fingerprint density at radius 1 is 1.53 bits per heavy atom. The third kappa shape index (κ3) is 4.56. The molecule has 0 unspecified atom stereocenters. The maximum Gasteiger partial charge on any atom is 0.333 e. The number of esters is 1. The Bertz CT molecular complexity index is 418. The van der Waals surface area contributed by atoms with Crippen molar-refractivity contribution in [1.29, 1.82) is 0 Å². The molecule has 0 spiro atoms. The number of aromatic nitrogens is 1. The molecule has 0 aliphatic rings. The fraction of sp³-hybridized carbons (Fsp3) is 0.333. The molecule has 0 amide bonds. The number of halogens is 1. The molecule has 0 aliphatic carbocycles. The van der Waals surface area contributed by atoms with Gasteiger partial charge < -0.3 is 9.47 Å². The smallest absolute Gasteiger partial charge is 0.333 e. The van der Waals surface area contributed by atoms with Crippen LogP contribution in [0.5, 0.6) is 5.75 Å². The predicted molar refractivity (Wildman–Crippen MR) is 67.8 cm³/mol. The normalized spacial score (nSPS) is 11.1. The second-order valence-electron chi connectivity index (χ2n) is 3.22. The summed E-state index contributed by atoms with van der Waals surface area (Å²) in [6.07, 6.45) is 5.62. The van der Waals surface area contributed by atoms with Crippen molar-refractivity contribution in [1.82, 2.24) is 4.98 Å². The van der Waals surface area contributed by atoms with E-state index < -0.39 is 0 Å². The molecule has 0 bridgehead atoms. The number of ether oxygens (including phenoxy) is 2.